The van der Waals surface area contributed by atoms with Gasteiger partial charge in [-0.05, 0) is 45.8 Å². The van der Waals surface area contributed by atoms with Crippen LogP contribution in [0.2, 0.25) is 0 Å². The van der Waals surface area contributed by atoms with Crippen molar-refractivity contribution in [1.82, 2.24) is 5.32 Å². The summed E-state index contributed by atoms with van der Waals surface area (Å²) in [5.41, 5.74) is 1.95. The molecule has 148 valence electrons. The summed E-state index contributed by atoms with van der Waals surface area (Å²) < 4.78 is 25.9. The average molecular weight is 466 g/mol. The van der Waals surface area contributed by atoms with Crippen molar-refractivity contribution in [2.75, 3.05) is 22.4 Å². The summed E-state index contributed by atoms with van der Waals surface area (Å²) in [6.45, 7) is 0.570. The lowest BCUT2D eigenvalue weighted by Crippen LogP contribution is -2.32. The molecule has 1 fully saturated rings. The molecule has 1 atom stereocenters. The third-order valence-corrected chi connectivity index (χ3v) is 5.61. The molecule has 2 aromatic carbocycles. The summed E-state index contributed by atoms with van der Waals surface area (Å²) >= 11 is 3.44. The first-order chi connectivity index (χ1) is 13.2. The van der Waals surface area contributed by atoms with E-state index in [9.17, 15) is 18.0 Å². The van der Waals surface area contributed by atoms with Crippen molar-refractivity contribution >= 4 is 49.1 Å². The van der Waals surface area contributed by atoms with E-state index in [1.54, 1.807) is 29.2 Å². The normalized spacial score (nSPS) is 16.9. The molecule has 0 aromatic heterocycles. The number of para-hydroxylation sites is 1. The van der Waals surface area contributed by atoms with Gasteiger partial charge in [0, 0.05) is 29.7 Å². The van der Waals surface area contributed by atoms with Crippen molar-refractivity contribution in [2.45, 2.75) is 13.0 Å². The highest BCUT2D eigenvalue weighted by atomic mass is 79.9. The van der Waals surface area contributed by atoms with E-state index in [-0.39, 0.29) is 24.8 Å². The summed E-state index contributed by atoms with van der Waals surface area (Å²) in [6.07, 6.45) is 1.23. The highest BCUT2D eigenvalue weighted by Gasteiger charge is 2.35. The van der Waals surface area contributed by atoms with Crippen LogP contribution in [0.3, 0.4) is 0 Å². The zero-order valence-corrected chi connectivity index (χ0v) is 17.6. The first kappa shape index (κ1) is 20.3. The van der Waals surface area contributed by atoms with Crippen molar-refractivity contribution < 1.29 is 18.0 Å². The van der Waals surface area contributed by atoms with Crippen LogP contribution in [0.15, 0.2) is 53.0 Å². The molecule has 2 N–H and O–H groups in total. The van der Waals surface area contributed by atoms with Gasteiger partial charge in [0.05, 0.1) is 17.9 Å². The quantitative estimate of drug-likeness (QED) is 0.684. The molecule has 1 aliphatic rings. The Labute approximate surface area is 172 Å². The fraction of sp³-hybridized carbons (Fsp3) is 0.263. The van der Waals surface area contributed by atoms with Crippen molar-refractivity contribution in [2.24, 2.45) is 5.92 Å². The number of carbonyl (C=O) groups excluding carboxylic acids is 2. The maximum Gasteiger partial charge on any atom is 0.229 e. The Morgan fingerprint density at radius 1 is 1.21 bits per heavy atom. The van der Waals surface area contributed by atoms with Crippen LogP contribution in [-0.2, 0) is 26.2 Å². The predicted octanol–water partition coefficient (Wildman–Crippen LogP) is 2.49. The Morgan fingerprint density at radius 3 is 2.68 bits per heavy atom. The van der Waals surface area contributed by atoms with Gasteiger partial charge in [-0.1, -0.05) is 24.3 Å². The maximum atomic E-state index is 12.5. The zero-order chi connectivity index (χ0) is 20.3. The van der Waals surface area contributed by atoms with Gasteiger partial charge in [-0.3, -0.25) is 14.3 Å². The molecule has 28 heavy (non-hydrogen) atoms. The number of rotatable bonds is 6. The number of amides is 2. The summed E-state index contributed by atoms with van der Waals surface area (Å²) in [4.78, 5) is 26.5. The first-order valence-corrected chi connectivity index (χ1v) is 11.3. The number of nitrogens with zero attached hydrogens (tertiary/aromatic N) is 1. The third-order valence-electron chi connectivity index (χ3n) is 4.34. The molecule has 0 spiro atoms. The number of halogens is 1. The van der Waals surface area contributed by atoms with Gasteiger partial charge in [0.25, 0.3) is 0 Å². The fourth-order valence-electron chi connectivity index (χ4n) is 3.08. The lowest BCUT2D eigenvalue weighted by Gasteiger charge is -2.18. The number of hydrogen-bond donors (Lipinski definition) is 2. The van der Waals surface area contributed by atoms with Crippen molar-refractivity contribution in [1.29, 1.82) is 0 Å². The van der Waals surface area contributed by atoms with Gasteiger partial charge in [-0.25, -0.2) is 8.42 Å². The van der Waals surface area contributed by atoms with Crippen LogP contribution in [0.1, 0.15) is 12.0 Å². The van der Waals surface area contributed by atoms with Crippen molar-refractivity contribution in [3.63, 3.8) is 0 Å². The standard InChI is InChI=1S/C19H20BrN3O4S/c1-28(26,27)22-15-6-4-5-13(9-15)11-21-19(25)14-10-18(24)23(12-14)17-8-3-2-7-16(17)20/h2-9,14,22H,10-12H2,1H3,(H,21,25). The van der Waals surface area contributed by atoms with Gasteiger partial charge in [0.15, 0.2) is 0 Å². The lowest BCUT2D eigenvalue weighted by atomic mass is 10.1. The average Bonchev–Trinajstić information content (AvgIpc) is 3.01. The molecule has 0 aliphatic carbocycles. The van der Waals surface area contributed by atoms with Crippen LogP contribution in [0.4, 0.5) is 11.4 Å². The van der Waals surface area contributed by atoms with Crippen molar-refractivity contribution in [3.05, 3.63) is 58.6 Å². The smallest absolute Gasteiger partial charge is 0.229 e. The van der Waals surface area contributed by atoms with Gasteiger partial charge in [0.1, 0.15) is 0 Å². The molecule has 1 aliphatic heterocycles. The summed E-state index contributed by atoms with van der Waals surface area (Å²) in [5.74, 6) is -0.729. The molecule has 1 saturated heterocycles. The van der Waals surface area contributed by atoms with Crippen LogP contribution >= 0.6 is 15.9 Å². The van der Waals surface area contributed by atoms with Gasteiger partial charge in [0.2, 0.25) is 21.8 Å². The Hall–Kier alpha value is -2.39. The van der Waals surface area contributed by atoms with Gasteiger partial charge in [-0.2, -0.15) is 0 Å². The van der Waals surface area contributed by atoms with Gasteiger partial charge < -0.3 is 10.2 Å². The maximum absolute atomic E-state index is 12.5. The Bertz CT molecular complexity index is 1010. The lowest BCUT2D eigenvalue weighted by molar-refractivity contribution is -0.126. The van der Waals surface area contributed by atoms with Crippen LogP contribution in [0.25, 0.3) is 0 Å². The molecular formula is C19H20BrN3O4S. The van der Waals surface area contributed by atoms with Crippen LogP contribution < -0.4 is 14.9 Å². The molecule has 1 unspecified atom stereocenters. The molecule has 1 heterocycles. The highest BCUT2D eigenvalue weighted by molar-refractivity contribution is 9.10. The van der Waals surface area contributed by atoms with E-state index in [4.69, 9.17) is 0 Å². The molecular weight excluding hydrogens is 446 g/mol. The van der Waals surface area contributed by atoms with Crippen LogP contribution in [-0.4, -0.2) is 33.0 Å². The second-order valence-corrected chi connectivity index (χ2v) is 9.25. The fourth-order valence-corrected chi connectivity index (χ4v) is 4.13. The second-order valence-electron chi connectivity index (χ2n) is 6.65. The Morgan fingerprint density at radius 2 is 1.96 bits per heavy atom. The van der Waals surface area contributed by atoms with E-state index in [0.29, 0.717) is 12.2 Å². The second kappa shape index (κ2) is 8.32. The number of sulfonamides is 1. The molecule has 3 rings (SSSR count). The minimum atomic E-state index is -3.36. The Kier molecular flexibility index (Phi) is 6.04. The zero-order valence-electron chi connectivity index (χ0n) is 15.2. The van der Waals surface area contributed by atoms with E-state index in [2.05, 4.69) is 26.0 Å². The third kappa shape index (κ3) is 5.11. The first-order valence-electron chi connectivity index (χ1n) is 8.62. The summed E-state index contributed by atoms with van der Waals surface area (Å²) in [6, 6.07) is 14.2. The summed E-state index contributed by atoms with van der Waals surface area (Å²) in [7, 11) is -3.36. The van der Waals surface area contributed by atoms with E-state index in [1.165, 1.54) is 0 Å². The minimum Gasteiger partial charge on any atom is -0.352 e. The molecule has 0 bridgehead atoms. The SMILES string of the molecule is CS(=O)(=O)Nc1cccc(CNC(=O)C2CC(=O)N(c3ccccc3Br)C2)c1. The molecule has 9 heteroatoms. The van der Waals surface area contributed by atoms with Crippen LogP contribution in [0, 0.1) is 5.92 Å². The van der Waals surface area contributed by atoms with E-state index in [1.807, 2.05) is 24.3 Å². The van der Waals surface area contributed by atoms with Crippen molar-refractivity contribution in [3.8, 4) is 0 Å². The number of hydrogen-bond acceptors (Lipinski definition) is 4. The topological polar surface area (TPSA) is 95.6 Å². The Balaban J connectivity index is 1.61. The molecule has 0 radical (unpaired) electrons. The molecule has 7 nitrogen and oxygen atoms in total. The monoisotopic (exact) mass is 465 g/mol. The number of carbonyl (C=O) groups is 2. The molecule has 2 aromatic rings. The van der Waals surface area contributed by atoms with Gasteiger partial charge >= 0.3 is 0 Å². The largest absolute Gasteiger partial charge is 0.352 e. The number of benzene rings is 2. The predicted molar refractivity (Wildman–Crippen MR) is 111 cm³/mol. The number of anilines is 2. The minimum absolute atomic E-state index is 0.0913. The summed E-state index contributed by atoms with van der Waals surface area (Å²) in [5, 5.41) is 2.83. The van der Waals surface area contributed by atoms with E-state index in [0.717, 1.165) is 22.0 Å². The van der Waals surface area contributed by atoms with E-state index < -0.39 is 15.9 Å². The van der Waals surface area contributed by atoms with E-state index >= 15 is 0 Å². The molecule has 2 amide bonds. The highest BCUT2D eigenvalue weighted by Crippen LogP contribution is 2.31. The van der Waals surface area contributed by atoms with Crippen LogP contribution in [0.5, 0.6) is 0 Å². The van der Waals surface area contributed by atoms with Gasteiger partial charge in [-0.15, -0.1) is 0 Å². The molecule has 0 saturated carbocycles. The number of nitrogens with one attached hydrogen (secondary N) is 2.